The maximum Gasteiger partial charge on any atom is 0.194 e. The van der Waals surface area contributed by atoms with Gasteiger partial charge in [-0.25, -0.2) is 0 Å². The average molecular weight is 442 g/mol. The number of pyridine rings is 1. The first-order valence-electron chi connectivity index (χ1n) is 8.14. The lowest BCUT2D eigenvalue weighted by Gasteiger charge is -2.62. The fourth-order valence-corrected chi connectivity index (χ4v) is 3.04. The molecule has 6 nitrogen and oxygen atoms in total. The van der Waals surface area contributed by atoms with E-state index in [4.69, 9.17) is 0 Å². The molecule has 2 aromatic heterocycles. The molecule has 132 valence electrons. The smallest absolute Gasteiger partial charge is 0.194 e. The van der Waals surface area contributed by atoms with E-state index in [2.05, 4.69) is 53.1 Å². The van der Waals surface area contributed by atoms with Crippen molar-refractivity contribution in [1.29, 1.82) is 0 Å². The number of aromatic nitrogens is 3. The van der Waals surface area contributed by atoms with Crippen LogP contribution in [0.25, 0.3) is 5.65 Å². The molecule has 3 heterocycles. The van der Waals surface area contributed by atoms with Crippen LogP contribution in [0.2, 0.25) is 0 Å². The van der Waals surface area contributed by atoms with Gasteiger partial charge in [0, 0.05) is 43.7 Å². The summed E-state index contributed by atoms with van der Waals surface area (Å²) in [6.07, 6.45) is 2.81. The Bertz CT molecular complexity index is 734. The van der Waals surface area contributed by atoms with Crippen LogP contribution < -0.4 is 5.32 Å². The Morgan fingerprint density at radius 3 is 2.62 bits per heavy atom. The highest BCUT2D eigenvalue weighted by Gasteiger charge is 2.53. The summed E-state index contributed by atoms with van der Waals surface area (Å²) in [6.45, 7) is 11.0. The van der Waals surface area contributed by atoms with Gasteiger partial charge in [-0.2, -0.15) is 0 Å². The van der Waals surface area contributed by atoms with Crippen LogP contribution in [-0.2, 0) is 6.42 Å². The van der Waals surface area contributed by atoms with E-state index in [-0.39, 0.29) is 29.5 Å². The first-order valence-corrected chi connectivity index (χ1v) is 8.14. The van der Waals surface area contributed by atoms with Crippen molar-refractivity contribution in [3.05, 3.63) is 30.2 Å². The Morgan fingerprint density at radius 1 is 1.25 bits per heavy atom. The van der Waals surface area contributed by atoms with Crippen LogP contribution in [0.15, 0.2) is 29.4 Å². The molecule has 0 atom stereocenters. The Balaban J connectivity index is 0.00000208. The fraction of sp³-hybridized carbons (Fsp3) is 0.588. The Labute approximate surface area is 160 Å². The molecule has 1 aliphatic rings. The number of guanidine groups is 1. The van der Waals surface area contributed by atoms with Gasteiger partial charge < -0.3 is 10.2 Å². The molecule has 0 aromatic carbocycles. The van der Waals surface area contributed by atoms with Crippen LogP contribution in [0.4, 0.5) is 0 Å². The summed E-state index contributed by atoms with van der Waals surface area (Å²) < 4.78 is 2.03. The monoisotopic (exact) mass is 442 g/mol. The predicted octanol–water partition coefficient (Wildman–Crippen LogP) is 2.59. The van der Waals surface area contributed by atoms with Crippen LogP contribution >= 0.6 is 24.0 Å². The second kappa shape index (κ2) is 6.85. The number of aliphatic imine (C=N–C) groups is 1. The van der Waals surface area contributed by atoms with E-state index in [1.165, 1.54) is 0 Å². The maximum absolute atomic E-state index is 4.44. The van der Waals surface area contributed by atoms with Gasteiger partial charge in [0.1, 0.15) is 5.82 Å². The van der Waals surface area contributed by atoms with E-state index in [0.29, 0.717) is 5.41 Å². The molecule has 1 aliphatic heterocycles. The maximum atomic E-state index is 4.44. The molecule has 2 aromatic rings. The zero-order valence-corrected chi connectivity index (χ0v) is 17.4. The van der Waals surface area contributed by atoms with Crippen molar-refractivity contribution in [2.45, 2.75) is 39.7 Å². The number of halogens is 1. The third-order valence-electron chi connectivity index (χ3n) is 5.37. The molecule has 3 rings (SSSR count). The van der Waals surface area contributed by atoms with E-state index in [1.54, 1.807) is 0 Å². The molecule has 1 saturated heterocycles. The van der Waals surface area contributed by atoms with Gasteiger partial charge in [0.05, 0.1) is 0 Å². The quantitative estimate of drug-likeness (QED) is 0.451. The molecule has 0 radical (unpaired) electrons. The first-order chi connectivity index (χ1) is 10.9. The zero-order valence-electron chi connectivity index (χ0n) is 15.1. The second-order valence-corrected chi connectivity index (χ2v) is 7.30. The zero-order chi connectivity index (χ0) is 16.7. The van der Waals surface area contributed by atoms with Crippen molar-refractivity contribution in [3.63, 3.8) is 0 Å². The fourth-order valence-electron chi connectivity index (χ4n) is 3.04. The minimum absolute atomic E-state index is 0. The molecule has 0 saturated carbocycles. The molecule has 24 heavy (non-hydrogen) atoms. The van der Waals surface area contributed by atoms with Gasteiger partial charge >= 0.3 is 0 Å². The average Bonchev–Trinajstić information content (AvgIpc) is 2.93. The Kier molecular flexibility index (Phi) is 5.41. The van der Waals surface area contributed by atoms with E-state index in [1.807, 2.05) is 35.8 Å². The van der Waals surface area contributed by atoms with Crippen molar-refractivity contribution in [3.8, 4) is 0 Å². The summed E-state index contributed by atoms with van der Waals surface area (Å²) in [6, 6.07) is 5.94. The van der Waals surface area contributed by atoms with Gasteiger partial charge in [0.25, 0.3) is 0 Å². The molecule has 0 amide bonds. The van der Waals surface area contributed by atoms with Gasteiger partial charge in [-0.15, -0.1) is 34.2 Å². The molecular formula is C17H27IN6. The third-order valence-corrected chi connectivity index (χ3v) is 5.37. The molecule has 0 bridgehead atoms. The van der Waals surface area contributed by atoms with Crippen LogP contribution in [0, 0.1) is 5.41 Å². The van der Waals surface area contributed by atoms with Crippen molar-refractivity contribution in [2.75, 3.05) is 20.1 Å². The van der Waals surface area contributed by atoms with E-state index >= 15 is 0 Å². The normalized spacial score (nSPS) is 18.9. The van der Waals surface area contributed by atoms with Crippen LogP contribution in [0.5, 0.6) is 0 Å². The summed E-state index contributed by atoms with van der Waals surface area (Å²) in [7, 11) is 1.84. The standard InChI is InChI=1S/C17H26N6.HI/c1-16(2)12-23(17(16,3)4)15(18-5)19-10-9-14-21-20-13-8-6-7-11-22(13)14;/h6-8,11H,9-10,12H2,1-5H3,(H,18,19);1H. The highest BCUT2D eigenvalue weighted by molar-refractivity contribution is 14.0. The Hall–Kier alpha value is -1.38. The van der Waals surface area contributed by atoms with E-state index in [9.17, 15) is 0 Å². The van der Waals surface area contributed by atoms with Crippen molar-refractivity contribution in [2.24, 2.45) is 10.4 Å². The number of nitrogens with zero attached hydrogens (tertiary/aromatic N) is 5. The van der Waals surface area contributed by atoms with Crippen molar-refractivity contribution < 1.29 is 0 Å². The number of hydrogen-bond acceptors (Lipinski definition) is 3. The minimum Gasteiger partial charge on any atom is -0.356 e. The first kappa shape index (κ1) is 19.0. The van der Waals surface area contributed by atoms with Gasteiger partial charge in [-0.1, -0.05) is 19.9 Å². The molecule has 7 heteroatoms. The third kappa shape index (κ3) is 3.10. The van der Waals surface area contributed by atoms with Crippen molar-refractivity contribution in [1.82, 2.24) is 24.8 Å². The summed E-state index contributed by atoms with van der Waals surface area (Å²) in [4.78, 5) is 6.78. The lowest BCUT2D eigenvalue weighted by atomic mass is 9.65. The summed E-state index contributed by atoms with van der Waals surface area (Å²) in [5.74, 6) is 1.93. The molecule has 1 N–H and O–H groups in total. The highest BCUT2D eigenvalue weighted by atomic mass is 127. The molecule has 0 spiro atoms. The van der Waals surface area contributed by atoms with Crippen LogP contribution in [0.3, 0.4) is 0 Å². The predicted molar refractivity (Wildman–Crippen MR) is 108 cm³/mol. The second-order valence-electron chi connectivity index (χ2n) is 7.30. The minimum atomic E-state index is 0. The number of likely N-dealkylation sites (tertiary alicyclic amines) is 1. The van der Waals surface area contributed by atoms with Gasteiger partial charge in [-0.05, 0) is 26.0 Å². The highest BCUT2D eigenvalue weighted by Crippen LogP contribution is 2.46. The van der Waals surface area contributed by atoms with Crippen molar-refractivity contribution >= 4 is 35.6 Å². The molecule has 0 aliphatic carbocycles. The van der Waals surface area contributed by atoms with E-state index in [0.717, 1.165) is 36.9 Å². The summed E-state index contributed by atoms with van der Waals surface area (Å²) in [5, 5.41) is 11.9. The van der Waals surface area contributed by atoms with Gasteiger partial charge in [0.15, 0.2) is 11.6 Å². The topological polar surface area (TPSA) is 57.8 Å². The number of rotatable bonds is 3. The number of hydrogen-bond donors (Lipinski definition) is 1. The van der Waals surface area contributed by atoms with E-state index < -0.39 is 0 Å². The van der Waals surface area contributed by atoms with Gasteiger partial charge in [0.2, 0.25) is 0 Å². The number of fused-ring (bicyclic) bond motifs is 1. The van der Waals surface area contributed by atoms with Crippen LogP contribution in [-0.4, -0.2) is 51.1 Å². The summed E-state index contributed by atoms with van der Waals surface area (Å²) >= 11 is 0. The van der Waals surface area contributed by atoms with Crippen LogP contribution in [0.1, 0.15) is 33.5 Å². The molecule has 0 unspecified atom stereocenters. The largest absolute Gasteiger partial charge is 0.356 e. The summed E-state index contributed by atoms with van der Waals surface area (Å²) in [5.41, 5.74) is 1.29. The number of nitrogens with one attached hydrogen (secondary N) is 1. The Morgan fingerprint density at radius 2 is 2.00 bits per heavy atom. The van der Waals surface area contributed by atoms with Gasteiger partial charge in [-0.3, -0.25) is 9.39 Å². The SMILES string of the molecule is CN=C(NCCc1nnc2ccccn12)N1CC(C)(C)C1(C)C.I. The lowest BCUT2D eigenvalue weighted by molar-refractivity contribution is -0.0666. The molecule has 1 fully saturated rings. The lowest BCUT2D eigenvalue weighted by Crippen LogP contribution is -2.72. The molecular weight excluding hydrogens is 415 g/mol.